The van der Waals surface area contributed by atoms with Crippen LogP contribution in [0.2, 0.25) is 0 Å². The topological polar surface area (TPSA) is 41.5 Å². The molecule has 1 aliphatic rings. The zero-order chi connectivity index (χ0) is 15.0. The summed E-state index contributed by atoms with van der Waals surface area (Å²) in [5.41, 5.74) is -0.145. The molecule has 1 rings (SSSR count). The summed E-state index contributed by atoms with van der Waals surface area (Å²) in [6, 6.07) is 0.409. The maximum Gasteiger partial charge on any atom is 0.0610 e. The van der Waals surface area contributed by atoms with Crippen molar-refractivity contribution in [3.8, 4) is 0 Å². The summed E-state index contributed by atoms with van der Waals surface area (Å²) in [6.45, 7) is 9.77. The smallest absolute Gasteiger partial charge is 0.0610 e. The highest BCUT2D eigenvalue weighted by Gasteiger charge is 2.23. The van der Waals surface area contributed by atoms with E-state index in [1.165, 1.54) is 25.7 Å². The lowest BCUT2D eigenvalue weighted by atomic mass is 9.89. The average molecular weight is 285 g/mol. The fourth-order valence-corrected chi connectivity index (χ4v) is 3.29. The first kappa shape index (κ1) is 17.9. The lowest BCUT2D eigenvalue weighted by Gasteiger charge is -2.31. The van der Waals surface area contributed by atoms with Crippen molar-refractivity contribution in [2.75, 3.05) is 13.2 Å². The molecule has 0 amide bonds. The van der Waals surface area contributed by atoms with Crippen LogP contribution in [0.15, 0.2) is 0 Å². The molecule has 1 fully saturated rings. The van der Waals surface area contributed by atoms with Crippen LogP contribution in [0.4, 0.5) is 0 Å². The van der Waals surface area contributed by atoms with Crippen LogP contribution in [-0.2, 0) is 4.74 Å². The Morgan fingerprint density at radius 1 is 1.30 bits per heavy atom. The second-order valence-electron chi connectivity index (χ2n) is 7.24. The Morgan fingerprint density at radius 3 is 2.65 bits per heavy atom. The van der Waals surface area contributed by atoms with Crippen molar-refractivity contribution >= 4 is 0 Å². The Labute approximate surface area is 125 Å². The van der Waals surface area contributed by atoms with E-state index in [4.69, 9.17) is 4.74 Å². The molecule has 2 N–H and O–H groups in total. The summed E-state index contributed by atoms with van der Waals surface area (Å²) >= 11 is 0. The fourth-order valence-electron chi connectivity index (χ4n) is 3.29. The summed E-state index contributed by atoms with van der Waals surface area (Å²) in [6.07, 6.45) is 8.89. The Kier molecular flexibility index (Phi) is 8.08. The number of rotatable bonds is 9. The number of hydrogen-bond donors (Lipinski definition) is 2. The van der Waals surface area contributed by atoms with Crippen LogP contribution >= 0.6 is 0 Å². The number of nitrogens with one attached hydrogen (secondary N) is 1. The highest BCUT2D eigenvalue weighted by Crippen LogP contribution is 2.26. The number of hydrogen-bond acceptors (Lipinski definition) is 3. The van der Waals surface area contributed by atoms with E-state index >= 15 is 0 Å². The van der Waals surface area contributed by atoms with E-state index in [-0.39, 0.29) is 12.1 Å². The van der Waals surface area contributed by atoms with Gasteiger partial charge in [-0.25, -0.2) is 0 Å². The van der Waals surface area contributed by atoms with Gasteiger partial charge in [0.15, 0.2) is 0 Å². The molecule has 3 heteroatoms. The molecule has 20 heavy (non-hydrogen) atoms. The molecule has 1 saturated carbocycles. The highest BCUT2D eigenvalue weighted by atomic mass is 16.5. The van der Waals surface area contributed by atoms with Crippen LogP contribution in [-0.4, -0.2) is 36.0 Å². The molecule has 0 radical (unpaired) electrons. The van der Waals surface area contributed by atoms with Gasteiger partial charge in [-0.05, 0) is 44.9 Å². The zero-order valence-electron chi connectivity index (χ0n) is 14.0. The van der Waals surface area contributed by atoms with E-state index in [9.17, 15) is 5.11 Å². The van der Waals surface area contributed by atoms with E-state index in [2.05, 4.69) is 33.0 Å². The van der Waals surface area contributed by atoms with Gasteiger partial charge in [0.2, 0.25) is 0 Å². The third-order valence-corrected chi connectivity index (χ3v) is 4.35. The van der Waals surface area contributed by atoms with Crippen LogP contribution in [0.3, 0.4) is 0 Å². The molecule has 0 heterocycles. The first-order chi connectivity index (χ1) is 9.45. The average Bonchev–Trinajstić information content (AvgIpc) is 2.37. The van der Waals surface area contributed by atoms with Crippen molar-refractivity contribution < 1.29 is 9.84 Å². The normalized spacial score (nSPS) is 26.7. The summed E-state index contributed by atoms with van der Waals surface area (Å²) in [5.74, 6) is 0.835. The fraction of sp³-hybridized carbons (Fsp3) is 1.00. The van der Waals surface area contributed by atoms with E-state index in [0.29, 0.717) is 12.1 Å². The molecule has 0 saturated heterocycles. The van der Waals surface area contributed by atoms with Gasteiger partial charge in [0.1, 0.15) is 0 Å². The standard InChI is InChI=1S/C17H35NO2/c1-14(2)18-17(4,13-19)10-5-6-11-20-16-9-7-8-15(3)12-16/h14-16,18-19H,5-13H2,1-4H3. The first-order valence-electron chi connectivity index (χ1n) is 8.45. The Hall–Kier alpha value is -0.120. The van der Waals surface area contributed by atoms with Crippen molar-refractivity contribution in [1.29, 1.82) is 0 Å². The van der Waals surface area contributed by atoms with E-state index in [1.807, 2.05) is 0 Å². The minimum atomic E-state index is -0.145. The SMILES string of the molecule is CC1CCCC(OCCCCC(C)(CO)NC(C)C)C1. The van der Waals surface area contributed by atoms with Crippen molar-refractivity contribution in [3.63, 3.8) is 0 Å². The monoisotopic (exact) mass is 285 g/mol. The Balaban J connectivity index is 2.11. The summed E-state index contributed by atoms with van der Waals surface area (Å²) < 4.78 is 6.00. The third kappa shape index (κ3) is 7.05. The van der Waals surface area contributed by atoms with Crippen molar-refractivity contribution in [2.24, 2.45) is 5.92 Å². The number of unbranched alkanes of at least 4 members (excludes halogenated alkanes) is 1. The second-order valence-corrected chi connectivity index (χ2v) is 7.24. The maximum atomic E-state index is 9.53. The van der Waals surface area contributed by atoms with Gasteiger partial charge in [0.25, 0.3) is 0 Å². The molecule has 0 aromatic carbocycles. The molecule has 1 aliphatic carbocycles. The minimum Gasteiger partial charge on any atom is -0.394 e. The lowest BCUT2D eigenvalue weighted by Crippen LogP contribution is -2.49. The van der Waals surface area contributed by atoms with Gasteiger partial charge in [-0.1, -0.05) is 33.6 Å². The predicted octanol–water partition coefficient (Wildman–Crippen LogP) is 3.50. The van der Waals surface area contributed by atoms with Crippen LogP contribution in [0.1, 0.15) is 72.6 Å². The third-order valence-electron chi connectivity index (χ3n) is 4.35. The summed E-state index contributed by atoms with van der Waals surface area (Å²) in [5, 5.41) is 13.0. The van der Waals surface area contributed by atoms with Crippen LogP contribution in [0, 0.1) is 5.92 Å². The van der Waals surface area contributed by atoms with Crippen LogP contribution < -0.4 is 5.32 Å². The van der Waals surface area contributed by atoms with E-state index in [1.54, 1.807) is 0 Å². The van der Waals surface area contributed by atoms with Gasteiger partial charge in [0, 0.05) is 18.2 Å². The van der Waals surface area contributed by atoms with Gasteiger partial charge in [0.05, 0.1) is 12.7 Å². The molecule has 0 aliphatic heterocycles. The first-order valence-corrected chi connectivity index (χ1v) is 8.45. The van der Waals surface area contributed by atoms with Gasteiger partial charge >= 0.3 is 0 Å². The molecular formula is C17H35NO2. The van der Waals surface area contributed by atoms with Gasteiger partial charge < -0.3 is 15.2 Å². The molecule has 3 unspecified atom stereocenters. The molecule has 0 spiro atoms. The molecule has 3 atom stereocenters. The maximum absolute atomic E-state index is 9.53. The largest absolute Gasteiger partial charge is 0.394 e. The molecule has 0 aromatic rings. The van der Waals surface area contributed by atoms with Gasteiger partial charge in [-0.15, -0.1) is 0 Å². The molecule has 120 valence electrons. The zero-order valence-corrected chi connectivity index (χ0v) is 14.0. The van der Waals surface area contributed by atoms with Gasteiger partial charge in [-0.2, -0.15) is 0 Å². The number of aliphatic hydroxyl groups excluding tert-OH is 1. The summed E-state index contributed by atoms with van der Waals surface area (Å²) in [4.78, 5) is 0. The summed E-state index contributed by atoms with van der Waals surface area (Å²) in [7, 11) is 0. The molecular weight excluding hydrogens is 250 g/mol. The minimum absolute atomic E-state index is 0.145. The van der Waals surface area contributed by atoms with Crippen LogP contribution in [0.5, 0.6) is 0 Å². The quantitative estimate of drug-likeness (QED) is 0.637. The Morgan fingerprint density at radius 2 is 2.05 bits per heavy atom. The van der Waals surface area contributed by atoms with Crippen molar-refractivity contribution in [2.45, 2.75) is 90.3 Å². The highest BCUT2D eigenvalue weighted by molar-refractivity contribution is 4.83. The molecule has 3 nitrogen and oxygen atoms in total. The predicted molar refractivity (Wildman–Crippen MR) is 85.0 cm³/mol. The Bertz CT molecular complexity index is 257. The van der Waals surface area contributed by atoms with Crippen molar-refractivity contribution in [3.05, 3.63) is 0 Å². The van der Waals surface area contributed by atoms with E-state index < -0.39 is 0 Å². The van der Waals surface area contributed by atoms with E-state index in [0.717, 1.165) is 31.8 Å². The van der Waals surface area contributed by atoms with Crippen molar-refractivity contribution in [1.82, 2.24) is 5.32 Å². The van der Waals surface area contributed by atoms with Crippen LogP contribution in [0.25, 0.3) is 0 Å². The molecule has 0 aromatic heterocycles. The number of ether oxygens (including phenoxy) is 1. The second kappa shape index (κ2) is 9.01. The lowest BCUT2D eigenvalue weighted by molar-refractivity contribution is 0.0127. The van der Waals surface area contributed by atoms with Gasteiger partial charge in [-0.3, -0.25) is 0 Å². The molecule has 0 bridgehead atoms. The number of aliphatic hydroxyl groups is 1.